The van der Waals surface area contributed by atoms with Gasteiger partial charge < -0.3 is 11.1 Å². The van der Waals surface area contributed by atoms with E-state index in [-0.39, 0.29) is 0 Å². The lowest BCUT2D eigenvalue weighted by atomic mass is 9.80. The molecule has 2 nitrogen and oxygen atoms in total. The first-order valence-electron chi connectivity index (χ1n) is 5.75. The molecule has 0 amide bonds. The summed E-state index contributed by atoms with van der Waals surface area (Å²) in [6.45, 7) is 6.76. The number of benzene rings is 1. The number of anilines is 1. The van der Waals surface area contributed by atoms with E-state index in [2.05, 4.69) is 31.3 Å². The second-order valence-electron chi connectivity index (χ2n) is 4.69. The molecule has 2 atom stereocenters. The first-order valence-corrected chi connectivity index (χ1v) is 5.75. The van der Waals surface area contributed by atoms with Crippen LogP contribution in [-0.4, -0.2) is 13.1 Å². The first-order chi connectivity index (χ1) is 7.18. The predicted octanol–water partition coefficient (Wildman–Crippen LogP) is 2.29. The van der Waals surface area contributed by atoms with Gasteiger partial charge in [0.2, 0.25) is 0 Å². The van der Waals surface area contributed by atoms with Crippen LogP contribution >= 0.6 is 0 Å². The van der Waals surface area contributed by atoms with Gasteiger partial charge in [-0.3, -0.25) is 0 Å². The number of aryl methyl sites for hydroxylation is 1. The van der Waals surface area contributed by atoms with Gasteiger partial charge in [-0.25, -0.2) is 0 Å². The SMILES string of the molecule is Cc1ccc(N)cc1C1CCNCC1C. The van der Waals surface area contributed by atoms with Crippen molar-refractivity contribution in [3.05, 3.63) is 29.3 Å². The second kappa shape index (κ2) is 4.23. The van der Waals surface area contributed by atoms with Gasteiger partial charge in [0.05, 0.1) is 0 Å². The highest BCUT2D eigenvalue weighted by molar-refractivity contribution is 5.46. The third-order valence-corrected chi connectivity index (χ3v) is 3.49. The summed E-state index contributed by atoms with van der Waals surface area (Å²) in [7, 11) is 0. The fourth-order valence-electron chi connectivity index (χ4n) is 2.53. The highest BCUT2D eigenvalue weighted by Crippen LogP contribution is 2.32. The monoisotopic (exact) mass is 204 g/mol. The topological polar surface area (TPSA) is 38.0 Å². The molecule has 1 aromatic rings. The largest absolute Gasteiger partial charge is 0.399 e. The zero-order chi connectivity index (χ0) is 10.8. The summed E-state index contributed by atoms with van der Waals surface area (Å²) in [4.78, 5) is 0. The molecule has 0 spiro atoms. The number of nitrogen functional groups attached to an aromatic ring is 1. The molecule has 1 heterocycles. The van der Waals surface area contributed by atoms with Crippen molar-refractivity contribution in [2.75, 3.05) is 18.8 Å². The van der Waals surface area contributed by atoms with Crippen molar-refractivity contribution in [3.8, 4) is 0 Å². The molecule has 0 radical (unpaired) electrons. The molecule has 2 rings (SSSR count). The maximum atomic E-state index is 5.86. The summed E-state index contributed by atoms with van der Waals surface area (Å²) in [5.74, 6) is 1.38. The summed E-state index contributed by atoms with van der Waals surface area (Å²) >= 11 is 0. The van der Waals surface area contributed by atoms with E-state index in [1.54, 1.807) is 0 Å². The van der Waals surface area contributed by atoms with Crippen LogP contribution in [0.4, 0.5) is 5.69 Å². The van der Waals surface area contributed by atoms with E-state index in [9.17, 15) is 0 Å². The Labute approximate surface area is 91.9 Å². The normalized spacial score (nSPS) is 26.5. The van der Waals surface area contributed by atoms with Crippen molar-refractivity contribution in [2.45, 2.75) is 26.2 Å². The number of nitrogens with two attached hydrogens (primary N) is 1. The number of nitrogens with one attached hydrogen (secondary N) is 1. The van der Waals surface area contributed by atoms with Crippen molar-refractivity contribution in [1.29, 1.82) is 0 Å². The first kappa shape index (κ1) is 10.5. The van der Waals surface area contributed by atoms with E-state index in [1.165, 1.54) is 17.5 Å². The molecule has 82 valence electrons. The minimum absolute atomic E-state index is 0.676. The van der Waals surface area contributed by atoms with E-state index < -0.39 is 0 Å². The molecule has 0 bridgehead atoms. The van der Waals surface area contributed by atoms with E-state index >= 15 is 0 Å². The van der Waals surface area contributed by atoms with Crippen molar-refractivity contribution in [1.82, 2.24) is 5.32 Å². The van der Waals surface area contributed by atoms with E-state index in [0.717, 1.165) is 18.8 Å². The number of hydrogen-bond acceptors (Lipinski definition) is 2. The van der Waals surface area contributed by atoms with Gasteiger partial charge in [-0.15, -0.1) is 0 Å². The van der Waals surface area contributed by atoms with Gasteiger partial charge >= 0.3 is 0 Å². The minimum atomic E-state index is 0.676. The number of hydrogen-bond donors (Lipinski definition) is 2. The Morgan fingerprint density at radius 2 is 2.20 bits per heavy atom. The lowest BCUT2D eigenvalue weighted by Crippen LogP contribution is -2.34. The Morgan fingerprint density at radius 3 is 2.93 bits per heavy atom. The molecule has 0 saturated carbocycles. The summed E-state index contributed by atoms with van der Waals surface area (Å²) in [5.41, 5.74) is 9.58. The highest BCUT2D eigenvalue weighted by Gasteiger charge is 2.23. The smallest absolute Gasteiger partial charge is 0.0317 e. The summed E-state index contributed by atoms with van der Waals surface area (Å²) in [5, 5.41) is 3.44. The quantitative estimate of drug-likeness (QED) is 0.689. The van der Waals surface area contributed by atoms with Crippen molar-refractivity contribution < 1.29 is 0 Å². The molecule has 1 aliphatic heterocycles. The Hall–Kier alpha value is -1.02. The van der Waals surface area contributed by atoms with Crippen LogP contribution in [0.1, 0.15) is 30.4 Å². The average Bonchev–Trinajstić information content (AvgIpc) is 2.23. The third kappa shape index (κ3) is 2.15. The Balaban J connectivity index is 2.30. The molecule has 2 unspecified atom stereocenters. The van der Waals surface area contributed by atoms with Gasteiger partial charge in [-0.05, 0) is 61.5 Å². The standard InChI is InChI=1S/C13H20N2/c1-9-3-4-11(14)7-13(9)12-5-6-15-8-10(12)2/h3-4,7,10,12,15H,5-6,8,14H2,1-2H3. The van der Waals surface area contributed by atoms with Crippen molar-refractivity contribution in [2.24, 2.45) is 5.92 Å². The molecule has 0 aromatic heterocycles. The predicted molar refractivity (Wildman–Crippen MR) is 65.0 cm³/mol. The molecule has 0 aliphatic carbocycles. The summed E-state index contributed by atoms with van der Waals surface area (Å²) < 4.78 is 0. The van der Waals surface area contributed by atoms with Crippen LogP contribution in [0.5, 0.6) is 0 Å². The fraction of sp³-hybridized carbons (Fsp3) is 0.538. The average molecular weight is 204 g/mol. The molecule has 1 aliphatic rings. The highest BCUT2D eigenvalue weighted by atomic mass is 14.9. The molecule has 1 saturated heterocycles. The maximum absolute atomic E-state index is 5.86. The Kier molecular flexibility index (Phi) is 2.96. The molecular formula is C13H20N2. The lowest BCUT2D eigenvalue weighted by molar-refractivity contribution is 0.349. The van der Waals surface area contributed by atoms with Crippen molar-refractivity contribution in [3.63, 3.8) is 0 Å². The summed E-state index contributed by atoms with van der Waals surface area (Å²) in [6, 6.07) is 6.28. The number of rotatable bonds is 1. The summed E-state index contributed by atoms with van der Waals surface area (Å²) in [6.07, 6.45) is 1.23. The molecule has 3 N–H and O–H groups in total. The van der Waals surface area contributed by atoms with Crippen molar-refractivity contribution >= 4 is 5.69 Å². The van der Waals surface area contributed by atoms with Crippen LogP contribution in [0, 0.1) is 12.8 Å². The molecule has 2 heteroatoms. The van der Waals surface area contributed by atoms with Crippen LogP contribution in [-0.2, 0) is 0 Å². The van der Waals surface area contributed by atoms with E-state index in [0.29, 0.717) is 11.8 Å². The van der Waals surface area contributed by atoms with Gasteiger partial charge in [-0.1, -0.05) is 13.0 Å². The second-order valence-corrected chi connectivity index (χ2v) is 4.69. The Morgan fingerprint density at radius 1 is 1.40 bits per heavy atom. The van der Waals surface area contributed by atoms with E-state index in [4.69, 9.17) is 5.73 Å². The zero-order valence-electron chi connectivity index (χ0n) is 9.59. The molecule has 1 aromatic carbocycles. The van der Waals surface area contributed by atoms with Crippen LogP contribution in [0.25, 0.3) is 0 Å². The molecule has 15 heavy (non-hydrogen) atoms. The molecular weight excluding hydrogens is 184 g/mol. The maximum Gasteiger partial charge on any atom is 0.0317 e. The van der Waals surface area contributed by atoms with Gasteiger partial charge in [0.15, 0.2) is 0 Å². The zero-order valence-corrected chi connectivity index (χ0v) is 9.59. The van der Waals surface area contributed by atoms with E-state index in [1.807, 2.05) is 6.07 Å². The van der Waals surface area contributed by atoms with Gasteiger partial charge in [0, 0.05) is 5.69 Å². The van der Waals surface area contributed by atoms with Crippen LogP contribution in [0.15, 0.2) is 18.2 Å². The third-order valence-electron chi connectivity index (χ3n) is 3.49. The van der Waals surface area contributed by atoms with Crippen LogP contribution in [0.2, 0.25) is 0 Å². The minimum Gasteiger partial charge on any atom is -0.399 e. The van der Waals surface area contributed by atoms with Gasteiger partial charge in [0.25, 0.3) is 0 Å². The van der Waals surface area contributed by atoms with Gasteiger partial charge in [-0.2, -0.15) is 0 Å². The van der Waals surface area contributed by atoms with Gasteiger partial charge in [0.1, 0.15) is 0 Å². The van der Waals surface area contributed by atoms with Crippen LogP contribution in [0.3, 0.4) is 0 Å². The van der Waals surface area contributed by atoms with Crippen LogP contribution < -0.4 is 11.1 Å². The lowest BCUT2D eigenvalue weighted by Gasteiger charge is -2.31. The molecule has 1 fully saturated rings. The number of piperidine rings is 1. The Bertz CT molecular complexity index is 346. The fourth-order valence-corrected chi connectivity index (χ4v) is 2.53.